The van der Waals surface area contributed by atoms with Crippen LogP contribution in [0.2, 0.25) is 0 Å². The van der Waals surface area contributed by atoms with Gasteiger partial charge >= 0.3 is 0 Å². The lowest BCUT2D eigenvalue weighted by atomic mass is 9.78. The van der Waals surface area contributed by atoms with Gasteiger partial charge in [0.25, 0.3) is 0 Å². The van der Waals surface area contributed by atoms with Crippen LogP contribution in [-0.2, 0) is 4.74 Å². The summed E-state index contributed by atoms with van der Waals surface area (Å²) >= 11 is 0. The van der Waals surface area contributed by atoms with Crippen LogP contribution in [0.25, 0.3) is 0 Å². The number of aliphatic hydroxyl groups is 3. The molecule has 2 saturated heterocycles. The molecule has 2 heterocycles. The fourth-order valence-corrected chi connectivity index (χ4v) is 6.11. The van der Waals surface area contributed by atoms with Gasteiger partial charge in [0.05, 0.1) is 12.7 Å². The first-order chi connectivity index (χ1) is 17.1. The quantitative estimate of drug-likeness (QED) is 0.239. The third-order valence-corrected chi connectivity index (χ3v) is 8.82. The average Bonchev–Trinajstić information content (AvgIpc) is 2.85. The molecule has 0 aromatic carbocycles. The van der Waals surface area contributed by atoms with Gasteiger partial charge in [-0.05, 0) is 71.3 Å². The van der Waals surface area contributed by atoms with Crippen LogP contribution < -0.4 is 11.1 Å². The Bertz CT molecular complexity index is 621. The van der Waals surface area contributed by atoms with Gasteiger partial charge in [-0.15, -0.1) is 0 Å². The summed E-state index contributed by atoms with van der Waals surface area (Å²) in [4.78, 5) is 4.52. The van der Waals surface area contributed by atoms with Crippen LogP contribution in [-0.4, -0.2) is 101 Å². The van der Waals surface area contributed by atoms with Crippen LogP contribution in [0.3, 0.4) is 0 Å². The first-order valence-corrected chi connectivity index (χ1v) is 14.7. The largest absolute Gasteiger partial charge is 0.391 e. The molecular weight excluding hydrogens is 456 g/mol. The second kappa shape index (κ2) is 14.2. The first kappa shape index (κ1) is 30.2. The molecule has 0 aromatic heterocycles. The van der Waals surface area contributed by atoms with Crippen molar-refractivity contribution in [3.63, 3.8) is 0 Å². The van der Waals surface area contributed by atoms with E-state index < -0.39 is 29.5 Å². The zero-order valence-corrected chi connectivity index (χ0v) is 23.3. The zero-order chi connectivity index (χ0) is 26.2. The summed E-state index contributed by atoms with van der Waals surface area (Å²) in [5, 5.41) is 36.5. The molecule has 8 nitrogen and oxygen atoms in total. The standard InChI is InChI=1S/C28H56N4O4/c1-27(2,29)24(33)17-28(3,21-36-20-22-11-6-4-7-12-22)26(35)30-23-13-10-14-31(18-23)19-25(34)32-15-8-5-9-16-32/h22-26,30,33-35H,4-21,29H2,1-3H3. The smallest absolute Gasteiger partial charge is 0.120 e. The normalized spacial score (nSPS) is 27.9. The van der Waals surface area contributed by atoms with E-state index in [1.54, 1.807) is 0 Å². The predicted molar refractivity (Wildman–Crippen MR) is 144 cm³/mol. The second-order valence-electron chi connectivity index (χ2n) is 13.0. The Labute approximate surface area is 219 Å². The molecule has 212 valence electrons. The molecule has 5 atom stereocenters. The lowest BCUT2D eigenvalue weighted by Crippen LogP contribution is -2.58. The van der Waals surface area contributed by atoms with Crippen LogP contribution in [0.1, 0.15) is 91.4 Å². The molecule has 1 aliphatic carbocycles. The Morgan fingerprint density at radius 2 is 1.58 bits per heavy atom. The Morgan fingerprint density at radius 1 is 0.917 bits per heavy atom. The molecule has 3 aliphatic rings. The van der Waals surface area contributed by atoms with Crippen LogP contribution in [0.15, 0.2) is 0 Å². The number of aliphatic hydroxyl groups excluding tert-OH is 3. The minimum absolute atomic E-state index is 0.128. The van der Waals surface area contributed by atoms with Crippen LogP contribution in [0.5, 0.6) is 0 Å². The van der Waals surface area contributed by atoms with E-state index in [0.717, 1.165) is 45.6 Å². The molecule has 36 heavy (non-hydrogen) atoms. The number of ether oxygens (including phenoxy) is 1. The molecule has 0 aromatic rings. The summed E-state index contributed by atoms with van der Waals surface area (Å²) in [5.74, 6) is 0.599. The lowest BCUT2D eigenvalue weighted by Gasteiger charge is -2.43. The molecule has 6 N–H and O–H groups in total. The number of rotatable bonds is 13. The van der Waals surface area contributed by atoms with Crippen molar-refractivity contribution in [3.8, 4) is 0 Å². The van der Waals surface area contributed by atoms with Crippen molar-refractivity contribution in [3.05, 3.63) is 0 Å². The monoisotopic (exact) mass is 512 g/mol. The van der Waals surface area contributed by atoms with Gasteiger partial charge in [0.2, 0.25) is 0 Å². The maximum atomic E-state index is 11.4. The molecular formula is C28H56N4O4. The average molecular weight is 513 g/mol. The molecule has 0 amide bonds. The summed E-state index contributed by atoms with van der Waals surface area (Å²) in [6, 6.07) is 0.128. The van der Waals surface area contributed by atoms with Crippen LogP contribution >= 0.6 is 0 Å². The molecule has 0 radical (unpaired) electrons. The van der Waals surface area contributed by atoms with Gasteiger partial charge in [0, 0.05) is 49.8 Å². The number of likely N-dealkylation sites (tertiary alicyclic amines) is 2. The first-order valence-electron chi connectivity index (χ1n) is 14.7. The Hall–Kier alpha value is -0.320. The number of hydrogen-bond acceptors (Lipinski definition) is 8. The summed E-state index contributed by atoms with van der Waals surface area (Å²) in [5.41, 5.74) is 4.80. The van der Waals surface area contributed by atoms with Crippen molar-refractivity contribution in [2.75, 3.05) is 45.9 Å². The van der Waals surface area contributed by atoms with Crippen molar-refractivity contribution in [2.24, 2.45) is 17.1 Å². The van der Waals surface area contributed by atoms with Crippen molar-refractivity contribution in [1.82, 2.24) is 15.1 Å². The third-order valence-electron chi connectivity index (χ3n) is 8.82. The SMILES string of the molecule is CC(C)(N)C(O)CC(C)(COCC1CCCCC1)C(O)NC1CCCN(CC(O)N2CCCCC2)C1. The molecule has 0 spiro atoms. The topological polar surface area (TPSA) is 114 Å². The van der Waals surface area contributed by atoms with Gasteiger partial charge in [-0.1, -0.05) is 32.6 Å². The maximum absolute atomic E-state index is 11.4. The predicted octanol–water partition coefficient (Wildman–Crippen LogP) is 2.25. The summed E-state index contributed by atoms with van der Waals surface area (Å²) < 4.78 is 6.20. The second-order valence-corrected chi connectivity index (χ2v) is 13.0. The molecule has 1 saturated carbocycles. The van der Waals surface area contributed by atoms with Crippen molar-refractivity contribution >= 4 is 0 Å². The van der Waals surface area contributed by atoms with Gasteiger partial charge < -0.3 is 25.8 Å². The fraction of sp³-hybridized carbons (Fsp3) is 1.00. The Balaban J connectivity index is 1.55. The van der Waals surface area contributed by atoms with E-state index in [0.29, 0.717) is 25.5 Å². The molecule has 0 bridgehead atoms. The molecule has 2 aliphatic heterocycles. The van der Waals surface area contributed by atoms with E-state index in [-0.39, 0.29) is 6.04 Å². The zero-order valence-electron chi connectivity index (χ0n) is 23.3. The van der Waals surface area contributed by atoms with Gasteiger partial charge in [0.15, 0.2) is 0 Å². The molecule has 3 rings (SSSR count). The molecule has 8 heteroatoms. The van der Waals surface area contributed by atoms with Crippen LogP contribution in [0.4, 0.5) is 0 Å². The summed E-state index contributed by atoms with van der Waals surface area (Å²) in [7, 11) is 0. The number of β-amino-alcohol motifs (C(OH)–C–C–N with tert-alkyl or cyclic N) is 1. The number of nitrogens with two attached hydrogens (primary N) is 1. The van der Waals surface area contributed by atoms with Crippen molar-refractivity contribution in [1.29, 1.82) is 0 Å². The minimum atomic E-state index is -0.821. The van der Waals surface area contributed by atoms with Gasteiger partial charge in [0.1, 0.15) is 12.5 Å². The van der Waals surface area contributed by atoms with E-state index in [1.807, 2.05) is 20.8 Å². The maximum Gasteiger partial charge on any atom is 0.120 e. The minimum Gasteiger partial charge on any atom is -0.391 e. The molecule has 3 fully saturated rings. The number of nitrogens with zero attached hydrogens (tertiary/aromatic N) is 2. The van der Waals surface area contributed by atoms with Gasteiger partial charge in [-0.2, -0.15) is 0 Å². The molecule has 5 unspecified atom stereocenters. The number of nitrogens with one attached hydrogen (secondary N) is 1. The van der Waals surface area contributed by atoms with E-state index in [4.69, 9.17) is 10.5 Å². The van der Waals surface area contributed by atoms with E-state index >= 15 is 0 Å². The highest BCUT2D eigenvalue weighted by Crippen LogP contribution is 2.32. The van der Waals surface area contributed by atoms with E-state index in [2.05, 4.69) is 15.1 Å². The van der Waals surface area contributed by atoms with Crippen LogP contribution in [0, 0.1) is 11.3 Å². The number of hydrogen-bond donors (Lipinski definition) is 5. The Morgan fingerprint density at radius 3 is 2.25 bits per heavy atom. The highest BCUT2D eigenvalue weighted by Gasteiger charge is 2.40. The third kappa shape index (κ3) is 9.45. The summed E-state index contributed by atoms with van der Waals surface area (Å²) in [6.07, 6.45) is 10.3. The fourth-order valence-electron chi connectivity index (χ4n) is 6.11. The van der Waals surface area contributed by atoms with Crippen molar-refractivity contribution in [2.45, 2.75) is 122 Å². The summed E-state index contributed by atoms with van der Waals surface area (Å²) in [6.45, 7) is 11.1. The highest BCUT2D eigenvalue weighted by atomic mass is 16.5. The lowest BCUT2D eigenvalue weighted by molar-refractivity contribution is -0.0937. The Kier molecular flexibility index (Phi) is 11.9. The van der Waals surface area contributed by atoms with E-state index in [9.17, 15) is 15.3 Å². The van der Waals surface area contributed by atoms with E-state index in [1.165, 1.54) is 51.4 Å². The highest BCUT2D eigenvalue weighted by molar-refractivity contribution is 4.93. The van der Waals surface area contributed by atoms with Gasteiger partial charge in [-0.25, -0.2) is 0 Å². The van der Waals surface area contributed by atoms with Gasteiger partial charge in [-0.3, -0.25) is 15.1 Å². The number of piperidine rings is 2. The van der Waals surface area contributed by atoms with Crippen molar-refractivity contribution < 1.29 is 20.1 Å².